The van der Waals surface area contributed by atoms with Gasteiger partial charge in [0.2, 0.25) is 0 Å². The first kappa shape index (κ1) is 19.4. The molecule has 3 rings (SSSR count). The number of ether oxygens (including phenoxy) is 1. The molecule has 0 saturated carbocycles. The van der Waals surface area contributed by atoms with Gasteiger partial charge in [-0.1, -0.05) is 53.7 Å². The Morgan fingerprint density at radius 2 is 2.19 bits per heavy atom. The number of thioether (sulfide) groups is 1. The molecule has 1 aromatic heterocycles. The van der Waals surface area contributed by atoms with Gasteiger partial charge in [0.05, 0.1) is 19.2 Å². The van der Waals surface area contributed by atoms with Gasteiger partial charge in [-0.2, -0.15) is 0 Å². The zero-order valence-electron chi connectivity index (χ0n) is 15.3. The molecule has 0 aliphatic carbocycles. The summed E-state index contributed by atoms with van der Waals surface area (Å²) in [4.78, 5) is 2.15. The second kappa shape index (κ2) is 9.55. The fourth-order valence-electron chi connectivity index (χ4n) is 3.09. The van der Waals surface area contributed by atoms with E-state index in [1.165, 1.54) is 0 Å². The van der Waals surface area contributed by atoms with Gasteiger partial charge in [0.1, 0.15) is 5.82 Å². The van der Waals surface area contributed by atoms with Crippen LogP contribution in [0.25, 0.3) is 6.08 Å². The van der Waals surface area contributed by atoms with Crippen LogP contribution in [0, 0.1) is 0 Å². The molecule has 2 aromatic rings. The zero-order valence-corrected chi connectivity index (χ0v) is 16.8. The molecule has 0 bridgehead atoms. The summed E-state index contributed by atoms with van der Waals surface area (Å²) in [6.07, 6.45) is 6.54. The van der Waals surface area contributed by atoms with Gasteiger partial charge in [-0.25, -0.2) is 0 Å². The van der Waals surface area contributed by atoms with E-state index >= 15 is 0 Å². The van der Waals surface area contributed by atoms with Crippen LogP contribution < -0.4 is 0 Å². The number of benzene rings is 1. The molecule has 1 aliphatic rings. The highest BCUT2D eigenvalue weighted by atomic mass is 35.5. The topological polar surface area (TPSA) is 43.2 Å². The average Bonchev–Trinajstić information content (AvgIpc) is 3.26. The van der Waals surface area contributed by atoms with E-state index in [0.717, 1.165) is 47.6 Å². The molecular formula is C19H25ClN4OS. The highest BCUT2D eigenvalue weighted by Gasteiger charge is 2.21. The van der Waals surface area contributed by atoms with Crippen LogP contribution in [-0.4, -0.2) is 52.2 Å². The van der Waals surface area contributed by atoms with Crippen molar-refractivity contribution in [2.45, 2.75) is 37.2 Å². The summed E-state index contributed by atoms with van der Waals surface area (Å²) in [5.41, 5.74) is 1.11. The molecule has 0 amide bonds. The van der Waals surface area contributed by atoms with Crippen molar-refractivity contribution in [1.29, 1.82) is 0 Å². The van der Waals surface area contributed by atoms with Gasteiger partial charge in [-0.3, -0.25) is 4.90 Å². The Morgan fingerprint density at radius 1 is 1.38 bits per heavy atom. The van der Waals surface area contributed by atoms with E-state index in [1.807, 2.05) is 49.7 Å². The summed E-state index contributed by atoms with van der Waals surface area (Å²) in [6, 6.07) is 10.1. The van der Waals surface area contributed by atoms with Crippen molar-refractivity contribution in [3.05, 3.63) is 46.8 Å². The molecular weight excluding hydrogens is 368 g/mol. The maximum Gasteiger partial charge on any atom is 0.191 e. The molecule has 0 spiro atoms. The molecule has 26 heavy (non-hydrogen) atoms. The molecule has 1 fully saturated rings. The second-order valence-electron chi connectivity index (χ2n) is 6.52. The average molecular weight is 393 g/mol. The SMILES string of the molecule is CSc1nnc(CN(C)C/C(Cl)=C/c2ccccc2)n1C[C@H]1CCCO1. The van der Waals surface area contributed by atoms with E-state index in [4.69, 9.17) is 16.3 Å². The predicted octanol–water partition coefficient (Wildman–Crippen LogP) is 3.89. The lowest BCUT2D eigenvalue weighted by Crippen LogP contribution is -2.24. The monoisotopic (exact) mass is 392 g/mol. The Hall–Kier alpha value is -1.34. The van der Waals surface area contributed by atoms with Crippen molar-refractivity contribution in [1.82, 2.24) is 19.7 Å². The second-order valence-corrected chi connectivity index (χ2v) is 7.78. The lowest BCUT2D eigenvalue weighted by Gasteiger charge is -2.18. The van der Waals surface area contributed by atoms with E-state index < -0.39 is 0 Å². The summed E-state index contributed by atoms with van der Waals surface area (Å²) in [7, 11) is 2.05. The van der Waals surface area contributed by atoms with Crippen LogP contribution >= 0.6 is 23.4 Å². The van der Waals surface area contributed by atoms with Crippen LogP contribution in [0.5, 0.6) is 0 Å². The third-order valence-corrected chi connectivity index (χ3v) is 5.24. The molecule has 0 radical (unpaired) electrons. The minimum Gasteiger partial charge on any atom is -0.376 e. The summed E-state index contributed by atoms with van der Waals surface area (Å²) >= 11 is 8.06. The maximum absolute atomic E-state index is 6.44. The lowest BCUT2D eigenvalue weighted by molar-refractivity contribution is 0.0935. The Labute approximate surface area is 164 Å². The Kier molecular flexibility index (Phi) is 7.14. The summed E-state index contributed by atoms with van der Waals surface area (Å²) < 4.78 is 7.97. The van der Waals surface area contributed by atoms with Crippen molar-refractivity contribution in [3.8, 4) is 0 Å². The molecule has 7 heteroatoms. The van der Waals surface area contributed by atoms with Crippen LogP contribution in [0.4, 0.5) is 0 Å². The number of rotatable bonds is 8. The first-order chi connectivity index (χ1) is 12.7. The number of aromatic nitrogens is 3. The van der Waals surface area contributed by atoms with Gasteiger partial charge in [0.25, 0.3) is 0 Å². The highest BCUT2D eigenvalue weighted by Crippen LogP contribution is 2.21. The largest absolute Gasteiger partial charge is 0.376 e. The third kappa shape index (κ3) is 5.33. The minimum absolute atomic E-state index is 0.266. The van der Waals surface area contributed by atoms with E-state index in [0.29, 0.717) is 13.1 Å². The number of nitrogens with zero attached hydrogens (tertiary/aromatic N) is 4. The van der Waals surface area contributed by atoms with Gasteiger partial charge in [-0.15, -0.1) is 10.2 Å². The van der Waals surface area contributed by atoms with Crippen LogP contribution in [0.15, 0.2) is 40.5 Å². The first-order valence-electron chi connectivity index (χ1n) is 8.83. The molecule has 2 heterocycles. The fourth-order valence-corrected chi connectivity index (χ4v) is 3.95. The third-order valence-electron chi connectivity index (χ3n) is 4.34. The Bertz CT molecular complexity index is 728. The van der Waals surface area contributed by atoms with E-state index in [9.17, 15) is 0 Å². The Balaban J connectivity index is 1.64. The van der Waals surface area contributed by atoms with Crippen LogP contribution in [0.3, 0.4) is 0 Å². The van der Waals surface area contributed by atoms with Crippen LogP contribution in [-0.2, 0) is 17.8 Å². The molecule has 0 N–H and O–H groups in total. The number of likely N-dealkylation sites (N-methyl/N-ethyl adjacent to an activating group) is 1. The van der Waals surface area contributed by atoms with Crippen LogP contribution in [0.1, 0.15) is 24.2 Å². The molecule has 1 atom stereocenters. The highest BCUT2D eigenvalue weighted by molar-refractivity contribution is 7.98. The van der Waals surface area contributed by atoms with Gasteiger partial charge in [0, 0.05) is 18.2 Å². The molecule has 1 aliphatic heterocycles. The van der Waals surface area contributed by atoms with Gasteiger partial charge < -0.3 is 9.30 Å². The van der Waals surface area contributed by atoms with E-state index in [2.05, 4.69) is 19.7 Å². The Morgan fingerprint density at radius 3 is 2.88 bits per heavy atom. The van der Waals surface area contributed by atoms with E-state index in [-0.39, 0.29) is 6.10 Å². The number of hydrogen-bond acceptors (Lipinski definition) is 5. The number of halogens is 1. The van der Waals surface area contributed by atoms with Crippen molar-refractivity contribution in [2.24, 2.45) is 0 Å². The van der Waals surface area contributed by atoms with E-state index in [1.54, 1.807) is 11.8 Å². The van der Waals surface area contributed by atoms with Gasteiger partial charge >= 0.3 is 0 Å². The summed E-state index contributed by atoms with van der Waals surface area (Å²) in [5, 5.41) is 10.5. The van der Waals surface area contributed by atoms with Gasteiger partial charge in [0.15, 0.2) is 5.16 Å². The van der Waals surface area contributed by atoms with Crippen molar-refractivity contribution in [3.63, 3.8) is 0 Å². The standard InChI is InChI=1S/C19H25ClN4OS/c1-23(12-16(20)11-15-7-4-3-5-8-15)14-18-21-22-19(26-2)24(18)13-17-9-6-10-25-17/h3-5,7-8,11,17H,6,9-10,12-14H2,1-2H3/b16-11-/t17-/m1/s1. The minimum atomic E-state index is 0.266. The summed E-state index contributed by atoms with van der Waals surface area (Å²) in [6.45, 7) is 3.04. The molecule has 0 unspecified atom stereocenters. The van der Waals surface area contributed by atoms with Gasteiger partial charge in [-0.05, 0) is 37.8 Å². The quantitative estimate of drug-likeness (QED) is 0.637. The van der Waals surface area contributed by atoms with Crippen molar-refractivity contribution in [2.75, 3.05) is 26.5 Å². The zero-order chi connectivity index (χ0) is 18.4. The first-order valence-corrected chi connectivity index (χ1v) is 10.4. The van der Waals surface area contributed by atoms with Crippen LogP contribution in [0.2, 0.25) is 0 Å². The lowest BCUT2D eigenvalue weighted by atomic mass is 10.2. The van der Waals surface area contributed by atoms with Crippen molar-refractivity contribution < 1.29 is 4.74 Å². The molecule has 1 aromatic carbocycles. The number of hydrogen-bond donors (Lipinski definition) is 0. The maximum atomic E-state index is 6.44. The summed E-state index contributed by atoms with van der Waals surface area (Å²) in [5.74, 6) is 0.955. The smallest absolute Gasteiger partial charge is 0.191 e. The molecule has 5 nitrogen and oxygen atoms in total. The fraction of sp³-hybridized carbons (Fsp3) is 0.474. The normalized spacial score (nSPS) is 18.0. The molecule has 1 saturated heterocycles. The molecule has 140 valence electrons. The van der Waals surface area contributed by atoms with Crippen molar-refractivity contribution >= 4 is 29.4 Å². The predicted molar refractivity (Wildman–Crippen MR) is 107 cm³/mol.